The Morgan fingerprint density at radius 3 is 2.82 bits per heavy atom. The van der Waals surface area contributed by atoms with Gasteiger partial charge in [-0.3, -0.25) is 4.98 Å². The Hall–Kier alpha value is -2.65. The lowest BCUT2D eigenvalue weighted by Gasteiger charge is -2.28. The highest BCUT2D eigenvalue weighted by molar-refractivity contribution is 5.69. The summed E-state index contributed by atoms with van der Waals surface area (Å²) in [7, 11) is 0. The molecule has 2 saturated heterocycles. The Bertz CT molecular complexity index is 935. The van der Waals surface area contributed by atoms with Crippen LogP contribution < -0.4 is 4.74 Å². The molecule has 2 aromatic heterocycles. The number of pyridine rings is 1. The number of likely N-dealkylation sites (tertiary alicyclic amines) is 1. The number of carbonyl (C=O) groups excluding carboxylic acids is 1. The van der Waals surface area contributed by atoms with Crippen LogP contribution in [-0.4, -0.2) is 65.2 Å². The molecular formula is C25H35N3O6. The summed E-state index contributed by atoms with van der Waals surface area (Å²) in [5, 5.41) is 4.10. The Kier molecular flexibility index (Phi) is 8.05. The lowest BCUT2D eigenvalue weighted by atomic mass is 10.1. The van der Waals surface area contributed by atoms with Gasteiger partial charge in [-0.2, -0.15) is 0 Å². The van der Waals surface area contributed by atoms with Gasteiger partial charge < -0.3 is 28.4 Å². The molecule has 1 unspecified atom stereocenters. The second-order valence-electron chi connectivity index (χ2n) is 9.88. The number of ether oxygens (including phenoxy) is 4. The van der Waals surface area contributed by atoms with Gasteiger partial charge in [-0.15, -0.1) is 0 Å². The first-order valence-electron chi connectivity index (χ1n) is 12.1. The molecule has 0 aromatic carbocycles. The number of hydrogen-bond donors (Lipinski definition) is 0. The zero-order chi connectivity index (χ0) is 24.0. The minimum absolute atomic E-state index is 0.0271. The van der Waals surface area contributed by atoms with E-state index in [1.54, 1.807) is 17.3 Å². The maximum Gasteiger partial charge on any atom is 0.410 e. The average Bonchev–Trinajstić information content (AvgIpc) is 3.47. The van der Waals surface area contributed by atoms with Crippen LogP contribution in [0.15, 0.2) is 29.0 Å². The summed E-state index contributed by atoms with van der Waals surface area (Å²) in [6, 6.07) is 3.69. The molecule has 0 spiro atoms. The van der Waals surface area contributed by atoms with E-state index in [1.807, 2.05) is 32.9 Å². The van der Waals surface area contributed by atoms with Crippen LogP contribution in [0.4, 0.5) is 4.79 Å². The summed E-state index contributed by atoms with van der Waals surface area (Å²) >= 11 is 0. The number of hydrogen-bond acceptors (Lipinski definition) is 8. The van der Waals surface area contributed by atoms with E-state index in [0.717, 1.165) is 43.5 Å². The molecule has 2 aliphatic rings. The van der Waals surface area contributed by atoms with E-state index in [9.17, 15) is 4.79 Å². The van der Waals surface area contributed by atoms with Crippen LogP contribution in [0.1, 0.15) is 58.6 Å². The molecule has 2 aromatic rings. The summed E-state index contributed by atoms with van der Waals surface area (Å²) in [6.07, 6.45) is 8.40. The van der Waals surface area contributed by atoms with Gasteiger partial charge in [-0.25, -0.2) is 4.79 Å². The van der Waals surface area contributed by atoms with Crippen molar-refractivity contribution < 1.29 is 28.3 Å². The van der Waals surface area contributed by atoms with Crippen LogP contribution in [-0.2, 0) is 20.8 Å². The van der Waals surface area contributed by atoms with Crippen LogP contribution in [0, 0.1) is 0 Å². The van der Waals surface area contributed by atoms with Gasteiger partial charge in [0.05, 0.1) is 31.6 Å². The van der Waals surface area contributed by atoms with Gasteiger partial charge in [-0.1, -0.05) is 5.16 Å². The van der Waals surface area contributed by atoms with E-state index in [0.29, 0.717) is 37.9 Å². The Labute approximate surface area is 200 Å². The number of nitrogens with zero attached hydrogens (tertiary/aromatic N) is 3. The van der Waals surface area contributed by atoms with E-state index in [4.69, 9.17) is 23.5 Å². The van der Waals surface area contributed by atoms with Gasteiger partial charge in [0.25, 0.3) is 0 Å². The monoisotopic (exact) mass is 473 g/mol. The molecule has 2 fully saturated rings. The van der Waals surface area contributed by atoms with Crippen molar-refractivity contribution in [3.8, 4) is 17.1 Å². The summed E-state index contributed by atoms with van der Waals surface area (Å²) in [5.74, 6) is 1.21. The van der Waals surface area contributed by atoms with Gasteiger partial charge in [0.1, 0.15) is 23.7 Å². The molecule has 4 heterocycles. The molecule has 4 rings (SSSR count). The lowest BCUT2D eigenvalue weighted by Crippen LogP contribution is -2.42. The smallest absolute Gasteiger partial charge is 0.410 e. The van der Waals surface area contributed by atoms with Crippen molar-refractivity contribution in [2.24, 2.45) is 0 Å². The summed E-state index contributed by atoms with van der Waals surface area (Å²) in [6.45, 7) is 8.42. The van der Waals surface area contributed by atoms with Crippen LogP contribution >= 0.6 is 0 Å². The van der Waals surface area contributed by atoms with Crippen molar-refractivity contribution in [1.82, 2.24) is 15.0 Å². The minimum atomic E-state index is -0.520. The Balaban J connectivity index is 1.29. The van der Waals surface area contributed by atoms with Crippen LogP contribution in [0.25, 0.3) is 11.3 Å². The van der Waals surface area contributed by atoms with E-state index in [2.05, 4.69) is 10.1 Å². The molecule has 0 saturated carbocycles. The van der Waals surface area contributed by atoms with E-state index < -0.39 is 5.60 Å². The number of carbonyl (C=O) groups is 1. The van der Waals surface area contributed by atoms with Crippen LogP contribution in [0.2, 0.25) is 0 Å². The first kappa shape index (κ1) is 24.5. The van der Waals surface area contributed by atoms with Crippen molar-refractivity contribution in [1.29, 1.82) is 0 Å². The summed E-state index contributed by atoms with van der Waals surface area (Å²) in [5.41, 5.74) is 0.965. The predicted octanol–water partition coefficient (Wildman–Crippen LogP) is 4.60. The van der Waals surface area contributed by atoms with Gasteiger partial charge in [-0.05, 0) is 58.9 Å². The molecule has 0 N–H and O–H groups in total. The second-order valence-corrected chi connectivity index (χ2v) is 9.88. The largest absolute Gasteiger partial charge is 0.490 e. The second kappa shape index (κ2) is 11.2. The first-order valence-corrected chi connectivity index (χ1v) is 12.1. The Morgan fingerprint density at radius 2 is 2.03 bits per heavy atom. The molecule has 2 aliphatic heterocycles. The van der Waals surface area contributed by atoms with Gasteiger partial charge in [0, 0.05) is 31.0 Å². The lowest BCUT2D eigenvalue weighted by molar-refractivity contribution is -0.0455. The fourth-order valence-corrected chi connectivity index (χ4v) is 4.14. The SMILES string of the molecule is CC(C)(C)OC(=O)N1CCC[C@H]1COc1cncc(-c2cc(COCC3CCCCO3)no2)c1. The molecule has 2 atom stereocenters. The highest BCUT2D eigenvalue weighted by atomic mass is 16.6. The van der Waals surface area contributed by atoms with Crippen molar-refractivity contribution in [3.05, 3.63) is 30.2 Å². The van der Waals surface area contributed by atoms with Crippen LogP contribution in [0.5, 0.6) is 5.75 Å². The van der Waals surface area contributed by atoms with Gasteiger partial charge >= 0.3 is 6.09 Å². The van der Waals surface area contributed by atoms with E-state index in [-0.39, 0.29) is 18.2 Å². The van der Waals surface area contributed by atoms with Crippen molar-refractivity contribution in [3.63, 3.8) is 0 Å². The molecule has 0 radical (unpaired) electrons. The number of amides is 1. The predicted molar refractivity (Wildman–Crippen MR) is 124 cm³/mol. The zero-order valence-electron chi connectivity index (χ0n) is 20.3. The van der Waals surface area contributed by atoms with Gasteiger partial charge in [0.15, 0.2) is 5.76 Å². The number of rotatable bonds is 8. The minimum Gasteiger partial charge on any atom is -0.490 e. The normalized spacial score (nSPS) is 21.0. The molecular weight excluding hydrogens is 438 g/mol. The zero-order valence-corrected chi connectivity index (χ0v) is 20.3. The highest BCUT2D eigenvalue weighted by Crippen LogP contribution is 2.26. The topological polar surface area (TPSA) is 96.2 Å². The molecule has 0 bridgehead atoms. The highest BCUT2D eigenvalue weighted by Gasteiger charge is 2.32. The molecule has 9 nitrogen and oxygen atoms in total. The van der Waals surface area contributed by atoms with Crippen molar-refractivity contribution in [2.75, 3.05) is 26.4 Å². The quantitative estimate of drug-likeness (QED) is 0.549. The van der Waals surface area contributed by atoms with E-state index in [1.165, 1.54) is 6.42 Å². The third-order valence-corrected chi connectivity index (χ3v) is 5.83. The fraction of sp³-hybridized carbons (Fsp3) is 0.640. The first-order chi connectivity index (χ1) is 16.4. The standard InChI is InChI=1S/C25H35N3O6/c1-25(2,3)33-24(29)28-9-6-7-20(28)16-32-22-11-18(13-26-14-22)23-12-19(27-34-23)15-30-17-21-8-4-5-10-31-21/h11-14,20-21H,4-10,15-17H2,1-3H3/t20-,21?/m0/s1. The van der Waals surface area contributed by atoms with E-state index >= 15 is 0 Å². The maximum absolute atomic E-state index is 12.5. The fourth-order valence-electron chi connectivity index (χ4n) is 4.14. The third kappa shape index (κ3) is 6.93. The molecule has 186 valence electrons. The maximum atomic E-state index is 12.5. The van der Waals surface area contributed by atoms with Crippen molar-refractivity contribution in [2.45, 2.75) is 77.2 Å². The molecule has 0 aliphatic carbocycles. The van der Waals surface area contributed by atoms with Crippen molar-refractivity contribution >= 4 is 6.09 Å². The summed E-state index contributed by atoms with van der Waals surface area (Å²) < 4.78 is 28.5. The molecule has 34 heavy (non-hydrogen) atoms. The third-order valence-electron chi connectivity index (χ3n) is 5.83. The van der Waals surface area contributed by atoms with Gasteiger partial charge in [0.2, 0.25) is 0 Å². The molecule has 9 heteroatoms. The number of aromatic nitrogens is 2. The Morgan fingerprint density at radius 1 is 1.15 bits per heavy atom. The average molecular weight is 474 g/mol. The van der Waals surface area contributed by atoms with Crippen LogP contribution in [0.3, 0.4) is 0 Å². The summed E-state index contributed by atoms with van der Waals surface area (Å²) in [4.78, 5) is 18.5. The molecule has 1 amide bonds.